The van der Waals surface area contributed by atoms with E-state index in [0.29, 0.717) is 5.56 Å². The van der Waals surface area contributed by atoms with Crippen LogP contribution in [-0.2, 0) is 14.8 Å². The molecule has 0 saturated carbocycles. The Morgan fingerprint density at radius 3 is 2.44 bits per heavy atom. The number of rotatable bonds is 7. The maximum Gasteiger partial charge on any atom is 0.338 e. The summed E-state index contributed by atoms with van der Waals surface area (Å²) >= 11 is 0. The van der Waals surface area contributed by atoms with Crippen molar-refractivity contribution in [1.29, 1.82) is 0 Å². The Balaban J connectivity index is 2.61. The van der Waals surface area contributed by atoms with E-state index >= 15 is 0 Å². The van der Waals surface area contributed by atoms with E-state index < -0.39 is 31.5 Å². The van der Waals surface area contributed by atoms with E-state index in [1.807, 2.05) is 0 Å². The summed E-state index contributed by atoms with van der Waals surface area (Å²) in [5.41, 5.74) is 0.567. The van der Waals surface area contributed by atoms with Crippen molar-refractivity contribution in [3.8, 4) is 0 Å². The molecule has 0 bridgehead atoms. The number of benzene rings is 2. The van der Waals surface area contributed by atoms with E-state index in [4.69, 9.17) is 4.74 Å². The average molecular weight is 392 g/mol. The van der Waals surface area contributed by atoms with Gasteiger partial charge in [0.2, 0.25) is 0 Å². The van der Waals surface area contributed by atoms with Crippen LogP contribution in [0.3, 0.4) is 0 Å². The van der Waals surface area contributed by atoms with Gasteiger partial charge in [-0.05, 0) is 44.5 Å². The van der Waals surface area contributed by atoms with Crippen LogP contribution in [0.15, 0.2) is 47.4 Å². The summed E-state index contributed by atoms with van der Waals surface area (Å²) in [7, 11) is -4.22. The number of hydrogen-bond donors (Lipinski definition) is 0. The van der Waals surface area contributed by atoms with Gasteiger partial charge < -0.3 is 4.74 Å². The fraction of sp³-hybridized carbons (Fsp3) is 0.278. The molecule has 0 N–H and O–H groups in total. The second-order valence-electron chi connectivity index (χ2n) is 5.62. The van der Waals surface area contributed by atoms with Crippen LogP contribution >= 0.6 is 0 Å². The highest BCUT2D eigenvalue weighted by Gasteiger charge is 2.31. The molecule has 0 atom stereocenters. The van der Waals surface area contributed by atoms with Crippen molar-refractivity contribution in [3.63, 3.8) is 0 Å². The molecule has 0 saturated heterocycles. The average Bonchev–Trinajstić information content (AvgIpc) is 2.63. The van der Waals surface area contributed by atoms with Gasteiger partial charge in [0.25, 0.3) is 15.7 Å². The first-order chi connectivity index (χ1) is 12.7. The third-order valence-electron chi connectivity index (χ3n) is 3.91. The molecule has 0 radical (unpaired) electrons. The van der Waals surface area contributed by atoms with Crippen LogP contribution in [0.4, 0.5) is 11.4 Å². The van der Waals surface area contributed by atoms with Gasteiger partial charge in [-0.15, -0.1) is 0 Å². The van der Waals surface area contributed by atoms with Gasteiger partial charge in [0.1, 0.15) is 0 Å². The number of nitrogens with zero attached hydrogens (tertiary/aromatic N) is 2. The molecule has 0 aliphatic carbocycles. The van der Waals surface area contributed by atoms with Crippen molar-refractivity contribution in [1.82, 2.24) is 0 Å². The van der Waals surface area contributed by atoms with E-state index in [1.54, 1.807) is 32.9 Å². The molecule has 0 unspecified atom stereocenters. The molecule has 0 heterocycles. The van der Waals surface area contributed by atoms with Gasteiger partial charge in [-0.3, -0.25) is 14.4 Å². The van der Waals surface area contributed by atoms with Gasteiger partial charge in [0.15, 0.2) is 4.90 Å². The Hall–Kier alpha value is -2.94. The fourth-order valence-corrected chi connectivity index (χ4v) is 4.32. The molecule has 0 fully saturated rings. The third kappa shape index (κ3) is 4.08. The highest BCUT2D eigenvalue weighted by atomic mass is 32.2. The molecule has 2 aromatic carbocycles. The van der Waals surface area contributed by atoms with E-state index in [1.165, 1.54) is 24.3 Å². The zero-order valence-corrected chi connectivity index (χ0v) is 16.0. The van der Waals surface area contributed by atoms with E-state index in [0.717, 1.165) is 10.4 Å². The van der Waals surface area contributed by atoms with Crippen LogP contribution in [0.5, 0.6) is 0 Å². The maximum absolute atomic E-state index is 13.2. The molecule has 0 amide bonds. The number of sulfonamides is 1. The molecule has 0 aliphatic heterocycles. The molecule has 9 heteroatoms. The number of ether oxygens (including phenoxy) is 1. The Morgan fingerprint density at radius 2 is 1.85 bits per heavy atom. The van der Waals surface area contributed by atoms with Gasteiger partial charge in [-0.2, -0.15) is 0 Å². The second kappa shape index (κ2) is 8.17. The Labute approximate surface area is 157 Å². The number of nitro benzene ring substituents is 1. The molecule has 27 heavy (non-hydrogen) atoms. The fourth-order valence-electron chi connectivity index (χ4n) is 2.63. The molecule has 2 rings (SSSR count). The molecular formula is C18H20N2O6S. The molecule has 2 aromatic rings. The lowest BCUT2D eigenvalue weighted by atomic mass is 10.1. The predicted molar refractivity (Wildman–Crippen MR) is 100 cm³/mol. The number of esters is 1. The van der Waals surface area contributed by atoms with Crippen LogP contribution < -0.4 is 4.31 Å². The van der Waals surface area contributed by atoms with E-state index in [9.17, 15) is 23.3 Å². The first kappa shape index (κ1) is 20.4. The van der Waals surface area contributed by atoms with Crippen molar-refractivity contribution in [2.45, 2.75) is 25.7 Å². The predicted octanol–water partition coefficient (Wildman–Crippen LogP) is 3.30. The highest BCUT2D eigenvalue weighted by molar-refractivity contribution is 7.93. The summed E-state index contributed by atoms with van der Waals surface area (Å²) < 4.78 is 32.3. The number of hydrogen-bond acceptors (Lipinski definition) is 6. The quantitative estimate of drug-likeness (QED) is 0.406. The van der Waals surface area contributed by atoms with E-state index in [2.05, 4.69) is 0 Å². The summed E-state index contributed by atoms with van der Waals surface area (Å²) in [4.78, 5) is 22.1. The first-order valence-electron chi connectivity index (χ1n) is 8.28. The van der Waals surface area contributed by atoms with Gasteiger partial charge in [0, 0.05) is 12.6 Å². The van der Waals surface area contributed by atoms with E-state index in [-0.39, 0.29) is 24.4 Å². The monoisotopic (exact) mass is 392 g/mol. The lowest BCUT2D eigenvalue weighted by Gasteiger charge is -2.25. The molecule has 0 aliphatic rings. The molecule has 0 aromatic heterocycles. The minimum Gasteiger partial charge on any atom is -0.462 e. The topological polar surface area (TPSA) is 107 Å². The van der Waals surface area contributed by atoms with Crippen LogP contribution in [-0.4, -0.2) is 32.5 Å². The normalized spacial score (nSPS) is 11.1. The maximum atomic E-state index is 13.2. The lowest BCUT2D eigenvalue weighted by molar-refractivity contribution is -0.387. The zero-order chi connectivity index (χ0) is 20.2. The van der Waals surface area contributed by atoms with Gasteiger partial charge in [0.05, 0.1) is 22.8 Å². The van der Waals surface area contributed by atoms with Crippen LogP contribution in [0.2, 0.25) is 0 Å². The lowest BCUT2D eigenvalue weighted by Crippen LogP contribution is -2.32. The smallest absolute Gasteiger partial charge is 0.338 e. The summed E-state index contributed by atoms with van der Waals surface area (Å²) in [5.74, 6) is -0.571. The van der Waals surface area contributed by atoms with Crippen molar-refractivity contribution in [2.24, 2.45) is 0 Å². The second-order valence-corrected chi connectivity index (χ2v) is 7.45. The van der Waals surface area contributed by atoms with Crippen LogP contribution in [0, 0.1) is 17.0 Å². The number of aryl methyl sites for hydroxylation is 1. The Kier molecular flexibility index (Phi) is 6.17. The Bertz CT molecular complexity index is 972. The third-order valence-corrected chi connectivity index (χ3v) is 5.84. The van der Waals surface area contributed by atoms with Gasteiger partial charge >= 0.3 is 5.97 Å². The van der Waals surface area contributed by atoms with Gasteiger partial charge in [-0.25, -0.2) is 13.2 Å². The summed E-state index contributed by atoms with van der Waals surface area (Å²) in [6, 6.07) is 9.74. The minimum absolute atomic E-state index is 0.0293. The number of anilines is 1. The SMILES string of the molecule is CCOC(=O)c1ccc(C)c(N(CC)S(=O)(=O)c2ccccc2[N+](=O)[O-])c1. The summed E-state index contributed by atoms with van der Waals surface area (Å²) in [6.07, 6.45) is 0. The number of carbonyl (C=O) groups excluding carboxylic acids is 1. The first-order valence-corrected chi connectivity index (χ1v) is 9.72. The van der Waals surface area contributed by atoms with Crippen molar-refractivity contribution in [3.05, 3.63) is 63.7 Å². The number of carbonyl (C=O) groups is 1. The van der Waals surface area contributed by atoms with Crippen molar-refractivity contribution >= 4 is 27.4 Å². The largest absolute Gasteiger partial charge is 0.462 e. The van der Waals surface area contributed by atoms with Crippen LogP contribution in [0.1, 0.15) is 29.8 Å². The summed E-state index contributed by atoms with van der Waals surface area (Å²) in [5, 5.41) is 11.3. The molecule has 144 valence electrons. The minimum atomic E-state index is -4.22. The molecular weight excluding hydrogens is 372 g/mol. The van der Waals surface area contributed by atoms with Crippen molar-refractivity contribution in [2.75, 3.05) is 17.5 Å². The molecule has 8 nitrogen and oxygen atoms in total. The standard InChI is InChI=1S/C18H20N2O6S/c1-4-19(16-12-14(11-10-13(16)3)18(21)26-5-2)27(24,25)17-9-7-6-8-15(17)20(22)23/h6-12H,4-5H2,1-3H3. The molecule has 0 spiro atoms. The zero-order valence-electron chi connectivity index (χ0n) is 15.2. The summed E-state index contributed by atoms with van der Waals surface area (Å²) in [6.45, 7) is 5.20. The van der Waals surface area contributed by atoms with Gasteiger partial charge in [-0.1, -0.05) is 18.2 Å². The Morgan fingerprint density at radius 1 is 1.19 bits per heavy atom. The van der Waals surface area contributed by atoms with Crippen molar-refractivity contribution < 1.29 is 22.9 Å². The highest BCUT2D eigenvalue weighted by Crippen LogP contribution is 2.32. The number of para-hydroxylation sites is 1. The van der Waals surface area contributed by atoms with Crippen LogP contribution in [0.25, 0.3) is 0 Å². The number of nitro groups is 1.